The molecule has 0 saturated heterocycles. The fourth-order valence-electron chi connectivity index (χ4n) is 1.66. The van der Waals surface area contributed by atoms with Gasteiger partial charge in [-0.2, -0.15) is 0 Å². The van der Waals surface area contributed by atoms with Gasteiger partial charge in [0, 0.05) is 16.7 Å². The molecule has 0 amide bonds. The van der Waals surface area contributed by atoms with Crippen molar-refractivity contribution in [3.63, 3.8) is 0 Å². The molecule has 0 bridgehead atoms. The Labute approximate surface area is 99.2 Å². The maximum atomic E-state index is 9.68. The normalized spacial score (nSPS) is 13.2. The quantitative estimate of drug-likeness (QED) is 0.887. The summed E-state index contributed by atoms with van der Waals surface area (Å²) in [6.07, 6.45) is 3.70. The average Bonchev–Trinajstić information content (AvgIpc) is 2.73. The Bertz CT molecular complexity index is 481. The number of aliphatic hydroxyl groups is 1. The predicted octanol–water partition coefficient (Wildman–Crippen LogP) is 2.57. The Morgan fingerprint density at radius 1 is 1.38 bits per heavy atom. The molecule has 1 unspecified atom stereocenters. The highest BCUT2D eigenvalue weighted by Gasteiger charge is 2.11. The molecule has 2 heterocycles. The third-order valence-electron chi connectivity index (χ3n) is 2.71. The molecule has 3 nitrogen and oxygen atoms in total. The van der Waals surface area contributed by atoms with Crippen molar-refractivity contribution < 1.29 is 5.11 Å². The van der Waals surface area contributed by atoms with Crippen molar-refractivity contribution >= 4 is 21.6 Å². The number of aromatic nitrogens is 2. The monoisotopic (exact) mass is 236 g/mol. The number of fused-ring (bicyclic) bond motifs is 1. The molecule has 86 valence electrons. The van der Waals surface area contributed by atoms with Crippen molar-refractivity contribution in [1.29, 1.82) is 0 Å². The van der Waals surface area contributed by atoms with Crippen LogP contribution in [0.3, 0.4) is 0 Å². The van der Waals surface area contributed by atoms with E-state index in [0.29, 0.717) is 6.42 Å². The van der Waals surface area contributed by atoms with Gasteiger partial charge in [0.2, 0.25) is 0 Å². The summed E-state index contributed by atoms with van der Waals surface area (Å²) in [5, 5.41) is 10.8. The molecule has 0 aliphatic rings. The molecule has 0 saturated carbocycles. The van der Waals surface area contributed by atoms with Crippen LogP contribution in [-0.2, 0) is 12.8 Å². The second-order valence-electron chi connectivity index (χ2n) is 3.87. The summed E-state index contributed by atoms with van der Waals surface area (Å²) < 4.78 is 0. The fourth-order valence-corrected chi connectivity index (χ4v) is 2.61. The molecule has 0 aliphatic heterocycles. The van der Waals surface area contributed by atoms with Gasteiger partial charge in [-0.25, -0.2) is 9.97 Å². The summed E-state index contributed by atoms with van der Waals surface area (Å²) in [5.74, 6) is 0. The number of aryl methyl sites for hydroxylation is 1. The lowest BCUT2D eigenvalue weighted by atomic mass is 10.1. The Morgan fingerprint density at radius 3 is 2.88 bits per heavy atom. The lowest BCUT2D eigenvalue weighted by Gasteiger charge is -2.06. The van der Waals surface area contributed by atoms with Crippen molar-refractivity contribution in [2.24, 2.45) is 0 Å². The van der Waals surface area contributed by atoms with E-state index in [1.54, 1.807) is 17.7 Å². The largest absolute Gasteiger partial charge is 0.393 e. The van der Waals surface area contributed by atoms with E-state index in [1.165, 1.54) is 4.88 Å². The lowest BCUT2D eigenvalue weighted by Crippen LogP contribution is -2.09. The number of nitrogens with zero attached hydrogens (tertiary/aromatic N) is 2. The van der Waals surface area contributed by atoms with Crippen LogP contribution in [0.1, 0.15) is 30.8 Å². The lowest BCUT2D eigenvalue weighted by molar-refractivity contribution is 0.170. The number of hydrogen-bond donors (Lipinski definition) is 1. The molecule has 2 aromatic rings. The molecular weight excluding hydrogens is 220 g/mol. The minimum atomic E-state index is -0.303. The van der Waals surface area contributed by atoms with Crippen LogP contribution in [0.25, 0.3) is 10.2 Å². The molecule has 2 rings (SSSR count). The molecule has 0 aromatic carbocycles. The SMILES string of the molecule is CCc1cc2c(CC(O)CC)ncnc2s1. The molecule has 0 fully saturated rings. The van der Waals surface area contributed by atoms with Crippen LogP contribution < -0.4 is 0 Å². The summed E-state index contributed by atoms with van der Waals surface area (Å²) in [6.45, 7) is 4.12. The van der Waals surface area contributed by atoms with Crippen molar-refractivity contribution in [3.8, 4) is 0 Å². The first-order valence-corrected chi connectivity index (χ1v) is 6.46. The third kappa shape index (κ3) is 2.23. The molecular formula is C12H16N2OS. The molecule has 0 spiro atoms. The topological polar surface area (TPSA) is 46.0 Å². The van der Waals surface area contributed by atoms with Crippen LogP contribution >= 0.6 is 11.3 Å². The zero-order valence-electron chi connectivity index (χ0n) is 9.60. The highest BCUT2D eigenvalue weighted by atomic mass is 32.1. The van der Waals surface area contributed by atoms with Crippen molar-refractivity contribution in [2.45, 2.75) is 39.2 Å². The summed E-state index contributed by atoms with van der Waals surface area (Å²) in [4.78, 5) is 10.9. The van der Waals surface area contributed by atoms with E-state index in [1.807, 2.05) is 6.92 Å². The average molecular weight is 236 g/mol. The molecule has 0 radical (unpaired) electrons. The maximum Gasteiger partial charge on any atom is 0.127 e. The summed E-state index contributed by atoms with van der Waals surface area (Å²) in [5.41, 5.74) is 0.968. The van der Waals surface area contributed by atoms with Crippen molar-refractivity contribution in [3.05, 3.63) is 23.0 Å². The summed E-state index contributed by atoms with van der Waals surface area (Å²) >= 11 is 1.71. The molecule has 16 heavy (non-hydrogen) atoms. The van der Waals surface area contributed by atoms with Crippen LogP contribution in [0, 0.1) is 0 Å². The standard InChI is InChI=1S/C12H16N2OS/c1-3-8(15)5-11-10-6-9(4-2)16-12(10)14-7-13-11/h6-8,15H,3-5H2,1-2H3. The smallest absolute Gasteiger partial charge is 0.127 e. The summed E-state index contributed by atoms with van der Waals surface area (Å²) in [6, 6.07) is 2.15. The molecule has 4 heteroatoms. The highest BCUT2D eigenvalue weighted by molar-refractivity contribution is 7.18. The van der Waals surface area contributed by atoms with E-state index in [4.69, 9.17) is 0 Å². The minimum absolute atomic E-state index is 0.303. The van der Waals surface area contributed by atoms with Gasteiger partial charge in [0.1, 0.15) is 11.2 Å². The van der Waals surface area contributed by atoms with Crippen molar-refractivity contribution in [1.82, 2.24) is 9.97 Å². The first-order valence-electron chi connectivity index (χ1n) is 5.65. The van der Waals surface area contributed by atoms with Crippen LogP contribution in [-0.4, -0.2) is 21.2 Å². The van der Waals surface area contributed by atoms with E-state index in [-0.39, 0.29) is 6.10 Å². The minimum Gasteiger partial charge on any atom is -0.393 e. The van der Waals surface area contributed by atoms with Gasteiger partial charge in [0.05, 0.1) is 11.8 Å². The molecule has 1 N–H and O–H groups in total. The van der Waals surface area contributed by atoms with Gasteiger partial charge in [0.25, 0.3) is 0 Å². The Morgan fingerprint density at radius 2 is 2.19 bits per heavy atom. The van der Waals surface area contributed by atoms with Crippen molar-refractivity contribution in [2.75, 3.05) is 0 Å². The van der Waals surface area contributed by atoms with E-state index in [2.05, 4.69) is 23.0 Å². The first-order chi connectivity index (χ1) is 7.74. The van der Waals surface area contributed by atoms with Gasteiger partial charge in [-0.1, -0.05) is 13.8 Å². The molecule has 1 atom stereocenters. The predicted molar refractivity (Wildman–Crippen MR) is 66.8 cm³/mol. The molecule has 2 aromatic heterocycles. The van der Waals surface area contributed by atoms with Gasteiger partial charge in [-0.3, -0.25) is 0 Å². The van der Waals surface area contributed by atoms with Crippen LogP contribution in [0.5, 0.6) is 0 Å². The first kappa shape index (κ1) is 11.5. The highest BCUT2D eigenvalue weighted by Crippen LogP contribution is 2.26. The van der Waals surface area contributed by atoms with Crippen LogP contribution in [0.4, 0.5) is 0 Å². The van der Waals surface area contributed by atoms with Gasteiger partial charge in [-0.15, -0.1) is 11.3 Å². The second kappa shape index (κ2) is 4.89. The fraction of sp³-hybridized carbons (Fsp3) is 0.500. The van der Waals surface area contributed by atoms with Gasteiger partial charge in [-0.05, 0) is 18.9 Å². The van der Waals surface area contributed by atoms with Gasteiger partial charge in [0.15, 0.2) is 0 Å². The zero-order valence-corrected chi connectivity index (χ0v) is 10.4. The van der Waals surface area contributed by atoms with E-state index >= 15 is 0 Å². The maximum absolute atomic E-state index is 9.68. The Hall–Kier alpha value is -1.00. The van der Waals surface area contributed by atoms with Gasteiger partial charge < -0.3 is 5.11 Å². The van der Waals surface area contributed by atoms with E-state index in [0.717, 1.165) is 28.8 Å². The zero-order chi connectivity index (χ0) is 11.5. The number of rotatable bonds is 4. The summed E-state index contributed by atoms with van der Waals surface area (Å²) in [7, 11) is 0. The third-order valence-corrected chi connectivity index (χ3v) is 3.90. The van der Waals surface area contributed by atoms with E-state index in [9.17, 15) is 5.11 Å². The Kier molecular flexibility index (Phi) is 3.51. The van der Waals surface area contributed by atoms with E-state index < -0.39 is 0 Å². The number of aliphatic hydroxyl groups excluding tert-OH is 1. The number of thiophene rings is 1. The van der Waals surface area contributed by atoms with Gasteiger partial charge >= 0.3 is 0 Å². The number of hydrogen-bond acceptors (Lipinski definition) is 4. The van der Waals surface area contributed by atoms with Crippen LogP contribution in [0.15, 0.2) is 12.4 Å². The van der Waals surface area contributed by atoms with Crippen LogP contribution in [0.2, 0.25) is 0 Å². The molecule has 0 aliphatic carbocycles. The second-order valence-corrected chi connectivity index (χ2v) is 4.99. The Balaban J connectivity index is 2.40.